The number of benzene rings is 1. The molecule has 0 aliphatic carbocycles. The van der Waals surface area contributed by atoms with E-state index in [1.807, 2.05) is 0 Å². The van der Waals surface area contributed by atoms with Gasteiger partial charge in [0.1, 0.15) is 0 Å². The molecule has 0 atom stereocenters. The summed E-state index contributed by atoms with van der Waals surface area (Å²) in [6.45, 7) is 1.32. The molecule has 0 radical (unpaired) electrons. The summed E-state index contributed by atoms with van der Waals surface area (Å²) in [7, 11) is 0. The van der Waals surface area contributed by atoms with E-state index in [-0.39, 0.29) is 16.1 Å². The Morgan fingerprint density at radius 1 is 1.29 bits per heavy atom. The standard InChI is InChI=1S/C9H8Cl2FNO/c10-7-1-5(2-8(11)9(7)12)13-6-3-14-4-6/h1-2,6,13H,3-4H2. The van der Waals surface area contributed by atoms with Crippen LogP contribution in [0.2, 0.25) is 10.0 Å². The molecule has 2 rings (SSSR count). The zero-order valence-corrected chi connectivity index (χ0v) is 8.70. The topological polar surface area (TPSA) is 21.3 Å². The van der Waals surface area contributed by atoms with Crippen molar-refractivity contribution in [3.05, 3.63) is 28.0 Å². The lowest BCUT2D eigenvalue weighted by molar-refractivity contribution is 0.0211. The van der Waals surface area contributed by atoms with Gasteiger partial charge < -0.3 is 10.1 Å². The van der Waals surface area contributed by atoms with Gasteiger partial charge in [-0.2, -0.15) is 0 Å². The second-order valence-electron chi connectivity index (χ2n) is 3.13. The van der Waals surface area contributed by atoms with Crippen molar-refractivity contribution in [1.29, 1.82) is 0 Å². The van der Waals surface area contributed by atoms with E-state index in [1.54, 1.807) is 0 Å². The van der Waals surface area contributed by atoms with Gasteiger partial charge in [-0.3, -0.25) is 0 Å². The third-order valence-electron chi connectivity index (χ3n) is 1.99. The first kappa shape index (κ1) is 10.0. The lowest BCUT2D eigenvalue weighted by Crippen LogP contribution is -2.40. The van der Waals surface area contributed by atoms with Crippen LogP contribution in [-0.4, -0.2) is 19.3 Å². The maximum absolute atomic E-state index is 13.0. The highest BCUT2D eigenvalue weighted by atomic mass is 35.5. The normalized spacial score (nSPS) is 16.5. The minimum absolute atomic E-state index is 0.0280. The minimum Gasteiger partial charge on any atom is -0.378 e. The Morgan fingerprint density at radius 3 is 2.29 bits per heavy atom. The highest BCUT2D eigenvalue weighted by Gasteiger charge is 2.18. The molecule has 1 aliphatic heterocycles. The van der Waals surface area contributed by atoms with Crippen molar-refractivity contribution in [1.82, 2.24) is 0 Å². The van der Waals surface area contributed by atoms with Gasteiger partial charge in [0.2, 0.25) is 0 Å². The van der Waals surface area contributed by atoms with E-state index in [9.17, 15) is 4.39 Å². The van der Waals surface area contributed by atoms with E-state index < -0.39 is 5.82 Å². The van der Waals surface area contributed by atoms with Crippen molar-refractivity contribution in [3.63, 3.8) is 0 Å². The third-order valence-corrected chi connectivity index (χ3v) is 2.54. The Morgan fingerprint density at radius 2 is 1.86 bits per heavy atom. The van der Waals surface area contributed by atoms with Crippen LogP contribution in [0.3, 0.4) is 0 Å². The molecule has 1 aromatic carbocycles. The fourth-order valence-electron chi connectivity index (χ4n) is 1.19. The molecular formula is C9H8Cl2FNO. The van der Waals surface area contributed by atoms with Gasteiger partial charge >= 0.3 is 0 Å². The predicted octanol–water partition coefficient (Wildman–Crippen LogP) is 2.94. The third kappa shape index (κ3) is 1.95. The smallest absolute Gasteiger partial charge is 0.160 e. The molecule has 1 saturated heterocycles. The van der Waals surface area contributed by atoms with Crippen LogP contribution in [0.4, 0.5) is 10.1 Å². The van der Waals surface area contributed by atoms with Gasteiger partial charge in [-0.1, -0.05) is 23.2 Å². The molecule has 0 aromatic heterocycles. The van der Waals surface area contributed by atoms with Crippen molar-refractivity contribution >= 4 is 28.9 Å². The number of rotatable bonds is 2. The van der Waals surface area contributed by atoms with E-state index in [0.717, 1.165) is 5.69 Å². The molecular weight excluding hydrogens is 228 g/mol. The van der Waals surface area contributed by atoms with E-state index in [4.69, 9.17) is 27.9 Å². The molecule has 0 unspecified atom stereocenters. The Labute approximate surface area is 91.0 Å². The average Bonchev–Trinajstić information content (AvgIpc) is 2.07. The lowest BCUT2D eigenvalue weighted by Gasteiger charge is -2.28. The van der Waals surface area contributed by atoms with Crippen molar-refractivity contribution in [2.75, 3.05) is 18.5 Å². The largest absolute Gasteiger partial charge is 0.378 e. The maximum Gasteiger partial charge on any atom is 0.160 e. The summed E-state index contributed by atoms with van der Waals surface area (Å²) in [4.78, 5) is 0. The Kier molecular flexibility index (Phi) is 2.81. The van der Waals surface area contributed by atoms with Crippen LogP contribution in [-0.2, 0) is 4.74 Å². The van der Waals surface area contributed by atoms with E-state index >= 15 is 0 Å². The second-order valence-corrected chi connectivity index (χ2v) is 3.95. The first-order chi connectivity index (χ1) is 6.66. The van der Waals surface area contributed by atoms with E-state index in [0.29, 0.717) is 13.2 Å². The van der Waals surface area contributed by atoms with Gasteiger partial charge in [-0.15, -0.1) is 0 Å². The van der Waals surface area contributed by atoms with Crippen LogP contribution in [0.15, 0.2) is 12.1 Å². The number of halogens is 3. The number of hydrogen-bond acceptors (Lipinski definition) is 2. The molecule has 1 fully saturated rings. The van der Waals surface area contributed by atoms with Gasteiger partial charge in [0.05, 0.1) is 29.3 Å². The molecule has 0 bridgehead atoms. The molecule has 1 aliphatic rings. The second kappa shape index (κ2) is 3.93. The summed E-state index contributed by atoms with van der Waals surface area (Å²) in [5.41, 5.74) is 0.717. The van der Waals surface area contributed by atoms with Crippen LogP contribution in [0.1, 0.15) is 0 Å². The summed E-state index contributed by atoms with van der Waals surface area (Å²) in [5, 5.41) is 3.18. The van der Waals surface area contributed by atoms with Gasteiger partial charge in [0.25, 0.3) is 0 Å². The number of ether oxygens (including phenoxy) is 1. The Bertz CT molecular complexity index is 332. The average molecular weight is 236 g/mol. The van der Waals surface area contributed by atoms with E-state index in [2.05, 4.69) is 5.32 Å². The first-order valence-corrected chi connectivity index (χ1v) is 4.91. The van der Waals surface area contributed by atoms with Crippen LogP contribution in [0, 0.1) is 5.82 Å². The zero-order chi connectivity index (χ0) is 10.1. The van der Waals surface area contributed by atoms with Crippen molar-refractivity contribution < 1.29 is 9.13 Å². The number of anilines is 1. The minimum atomic E-state index is -0.580. The molecule has 1 heterocycles. The molecule has 0 spiro atoms. The molecule has 76 valence electrons. The fraction of sp³-hybridized carbons (Fsp3) is 0.333. The molecule has 5 heteroatoms. The predicted molar refractivity (Wildman–Crippen MR) is 54.6 cm³/mol. The molecule has 0 amide bonds. The lowest BCUT2D eigenvalue weighted by atomic mass is 10.2. The maximum atomic E-state index is 13.0. The van der Waals surface area contributed by atoms with Gasteiger partial charge in [0.15, 0.2) is 5.82 Å². The van der Waals surface area contributed by atoms with Crippen LogP contribution >= 0.6 is 23.2 Å². The summed E-state index contributed by atoms with van der Waals surface area (Å²) >= 11 is 11.3. The SMILES string of the molecule is Fc1c(Cl)cc(NC2COC2)cc1Cl. The van der Waals surface area contributed by atoms with Gasteiger partial charge in [-0.05, 0) is 12.1 Å². The molecule has 1 aromatic rings. The fourth-order valence-corrected chi connectivity index (χ4v) is 1.68. The Balaban J connectivity index is 2.17. The van der Waals surface area contributed by atoms with Crippen LogP contribution in [0.25, 0.3) is 0 Å². The van der Waals surface area contributed by atoms with Crippen LogP contribution in [0.5, 0.6) is 0 Å². The van der Waals surface area contributed by atoms with E-state index in [1.165, 1.54) is 12.1 Å². The Hall–Kier alpha value is -0.510. The summed E-state index contributed by atoms with van der Waals surface area (Å²) < 4.78 is 18.0. The van der Waals surface area contributed by atoms with Crippen molar-refractivity contribution in [3.8, 4) is 0 Å². The number of hydrogen-bond donors (Lipinski definition) is 1. The molecule has 2 nitrogen and oxygen atoms in total. The van der Waals surface area contributed by atoms with Crippen molar-refractivity contribution in [2.45, 2.75) is 6.04 Å². The molecule has 1 N–H and O–H groups in total. The first-order valence-electron chi connectivity index (χ1n) is 4.15. The monoisotopic (exact) mass is 235 g/mol. The highest BCUT2D eigenvalue weighted by Crippen LogP contribution is 2.28. The highest BCUT2D eigenvalue weighted by molar-refractivity contribution is 6.35. The van der Waals surface area contributed by atoms with Gasteiger partial charge in [0, 0.05) is 5.69 Å². The number of nitrogens with one attached hydrogen (secondary N) is 1. The molecule has 0 saturated carbocycles. The summed E-state index contributed by atoms with van der Waals surface area (Å²) in [5.74, 6) is -0.580. The van der Waals surface area contributed by atoms with Gasteiger partial charge in [-0.25, -0.2) is 4.39 Å². The summed E-state index contributed by atoms with van der Waals surface area (Å²) in [6, 6.07) is 3.30. The van der Waals surface area contributed by atoms with Crippen molar-refractivity contribution in [2.24, 2.45) is 0 Å². The summed E-state index contributed by atoms with van der Waals surface area (Å²) in [6.07, 6.45) is 0. The zero-order valence-electron chi connectivity index (χ0n) is 7.19. The quantitative estimate of drug-likeness (QED) is 0.797. The van der Waals surface area contributed by atoms with Crippen LogP contribution < -0.4 is 5.32 Å². The molecule has 14 heavy (non-hydrogen) atoms.